The Bertz CT molecular complexity index is 937. The van der Waals surface area contributed by atoms with E-state index in [4.69, 9.17) is 46.4 Å². The molecule has 2 aromatic carbocycles. The molecule has 0 aliphatic carbocycles. The number of hydrogen-bond donors (Lipinski definition) is 0. The van der Waals surface area contributed by atoms with Gasteiger partial charge in [-0.15, -0.1) is 0 Å². The summed E-state index contributed by atoms with van der Waals surface area (Å²) in [4.78, 5) is 4.39. The molecule has 24 heavy (non-hydrogen) atoms. The molecule has 0 amide bonds. The van der Waals surface area contributed by atoms with E-state index in [1.54, 1.807) is 48.5 Å². The lowest BCUT2D eigenvalue weighted by Crippen LogP contribution is -1.94. The highest BCUT2D eigenvalue weighted by atomic mass is 35.5. The molecule has 0 N–H and O–H groups in total. The molecule has 0 radical (unpaired) electrons. The van der Waals surface area contributed by atoms with Crippen LogP contribution in [0.1, 0.15) is 5.69 Å². The second kappa shape index (κ2) is 7.01. The van der Waals surface area contributed by atoms with Gasteiger partial charge in [-0.25, -0.2) is 4.98 Å². The Morgan fingerprint density at radius 3 is 1.71 bits per heavy atom. The minimum absolute atomic E-state index is 0.193. The molecule has 0 spiro atoms. The summed E-state index contributed by atoms with van der Waals surface area (Å²) in [7, 11) is 0. The van der Waals surface area contributed by atoms with E-state index >= 15 is 0 Å². The van der Waals surface area contributed by atoms with E-state index in [9.17, 15) is 5.26 Å². The molecule has 2 nitrogen and oxygen atoms in total. The predicted octanol–water partition coefficient (Wildman–Crippen LogP) is 6.90. The quantitative estimate of drug-likeness (QED) is 0.474. The van der Waals surface area contributed by atoms with Crippen molar-refractivity contribution in [1.82, 2.24) is 4.98 Å². The average molecular weight is 394 g/mol. The predicted molar refractivity (Wildman–Crippen MR) is 99.9 cm³/mol. The minimum Gasteiger partial charge on any atom is -0.236 e. The lowest BCUT2D eigenvalue weighted by atomic mass is 10.0. The van der Waals surface area contributed by atoms with Crippen LogP contribution in [-0.4, -0.2) is 4.98 Å². The van der Waals surface area contributed by atoms with E-state index in [2.05, 4.69) is 11.1 Å². The third-order valence-corrected chi connectivity index (χ3v) is 4.71. The smallest absolute Gasteiger partial charge is 0.149 e. The first kappa shape index (κ1) is 17.1. The molecule has 0 unspecified atom stereocenters. The van der Waals surface area contributed by atoms with Crippen LogP contribution in [0, 0.1) is 11.3 Å². The first-order valence-corrected chi connectivity index (χ1v) is 8.34. The van der Waals surface area contributed by atoms with Crippen LogP contribution < -0.4 is 0 Å². The minimum atomic E-state index is 0.193. The number of halogens is 4. The lowest BCUT2D eigenvalue weighted by Gasteiger charge is -2.11. The molecule has 1 aromatic heterocycles. The van der Waals surface area contributed by atoms with Crippen molar-refractivity contribution in [2.24, 2.45) is 0 Å². The number of rotatable bonds is 2. The van der Waals surface area contributed by atoms with Gasteiger partial charge in [0.2, 0.25) is 0 Å². The summed E-state index contributed by atoms with van der Waals surface area (Å²) in [6.45, 7) is 0. The molecule has 0 fully saturated rings. The monoisotopic (exact) mass is 392 g/mol. The van der Waals surface area contributed by atoms with E-state index < -0.39 is 0 Å². The van der Waals surface area contributed by atoms with Crippen molar-refractivity contribution in [1.29, 1.82) is 5.26 Å². The van der Waals surface area contributed by atoms with Crippen LogP contribution in [0.25, 0.3) is 22.4 Å². The van der Waals surface area contributed by atoms with Crippen LogP contribution in [-0.2, 0) is 0 Å². The van der Waals surface area contributed by atoms with Crippen molar-refractivity contribution in [3.8, 4) is 28.5 Å². The van der Waals surface area contributed by atoms with Gasteiger partial charge in [-0.05, 0) is 36.4 Å². The fourth-order valence-corrected chi connectivity index (χ4v) is 3.58. The highest BCUT2D eigenvalue weighted by Gasteiger charge is 2.16. The SMILES string of the molecule is N#Cc1nc(-c2c(Cl)cccc2Cl)ccc1-c1c(Cl)cccc1Cl. The summed E-state index contributed by atoms with van der Waals surface area (Å²) >= 11 is 24.9. The Balaban J connectivity index is 2.23. The molecule has 0 aliphatic heterocycles. The third-order valence-electron chi connectivity index (χ3n) is 3.45. The summed E-state index contributed by atoms with van der Waals surface area (Å²) in [5.41, 5.74) is 2.41. The molecule has 0 bridgehead atoms. The number of pyridine rings is 1. The van der Waals surface area contributed by atoms with Gasteiger partial charge in [-0.3, -0.25) is 0 Å². The third kappa shape index (κ3) is 3.09. The molecule has 3 rings (SSSR count). The first-order valence-electron chi connectivity index (χ1n) is 6.83. The Hall–Kier alpha value is -1.76. The van der Waals surface area contributed by atoms with E-state index in [1.807, 2.05) is 0 Å². The summed E-state index contributed by atoms with van der Waals surface area (Å²) in [6, 6.07) is 15.9. The van der Waals surface area contributed by atoms with Gasteiger partial charge in [0.25, 0.3) is 0 Å². The van der Waals surface area contributed by atoms with Crippen molar-refractivity contribution in [3.05, 3.63) is 74.3 Å². The summed E-state index contributed by atoms with van der Waals surface area (Å²) < 4.78 is 0. The normalized spacial score (nSPS) is 10.5. The average Bonchev–Trinajstić information content (AvgIpc) is 2.55. The second-order valence-corrected chi connectivity index (χ2v) is 6.53. The maximum atomic E-state index is 9.51. The van der Waals surface area contributed by atoms with Gasteiger partial charge in [0, 0.05) is 26.7 Å². The van der Waals surface area contributed by atoms with Crippen molar-refractivity contribution >= 4 is 46.4 Å². The Labute approximate surface area is 159 Å². The van der Waals surface area contributed by atoms with Crippen LogP contribution in [0.4, 0.5) is 0 Å². The zero-order valence-corrected chi connectivity index (χ0v) is 15.0. The molecule has 0 saturated heterocycles. The van der Waals surface area contributed by atoms with Gasteiger partial charge >= 0.3 is 0 Å². The van der Waals surface area contributed by atoms with Crippen molar-refractivity contribution in [3.63, 3.8) is 0 Å². The first-order chi connectivity index (χ1) is 11.5. The summed E-state index contributed by atoms with van der Waals surface area (Å²) in [5, 5.41) is 11.3. The van der Waals surface area contributed by atoms with Gasteiger partial charge in [0.15, 0.2) is 0 Å². The maximum Gasteiger partial charge on any atom is 0.149 e. The summed E-state index contributed by atoms with van der Waals surface area (Å²) in [6.07, 6.45) is 0. The lowest BCUT2D eigenvalue weighted by molar-refractivity contribution is 1.27. The number of aromatic nitrogens is 1. The van der Waals surface area contributed by atoms with E-state index in [-0.39, 0.29) is 5.69 Å². The van der Waals surface area contributed by atoms with Crippen LogP contribution in [0.15, 0.2) is 48.5 Å². The maximum absolute atomic E-state index is 9.51. The molecule has 0 aliphatic rings. The van der Waals surface area contributed by atoms with Crippen LogP contribution in [0.5, 0.6) is 0 Å². The molecule has 0 saturated carbocycles. The standard InChI is InChI=1S/C18H8Cl4N2/c19-11-3-1-4-12(20)17(11)10-7-8-15(24-16(10)9-23)18-13(21)5-2-6-14(18)22/h1-8H. The van der Waals surface area contributed by atoms with Gasteiger partial charge in [0.05, 0.1) is 15.7 Å². The molecular weight excluding hydrogens is 386 g/mol. The highest BCUT2D eigenvalue weighted by Crippen LogP contribution is 2.38. The molecule has 1 heterocycles. The van der Waals surface area contributed by atoms with E-state index in [0.717, 1.165) is 0 Å². The Morgan fingerprint density at radius 1 is 0.708 bits per heavy atom. The van der Waals surface area contributed by atoms with Gasteiger partial charge in [-0.2, -0.15) is 5.26 Å². The molecule has 0 atom stereocenters. The number of nitrogens with zero attached hydrogens (tertiary/aromatic N) is 2. The summed E-state index contributed by atoms with van der Waals surface area (Å²) in [5.74, 6) is 0. The topological polar surface area (TPSA) is 36.7 Å². The molecule has 6 heteroatoms. The highest BCUT2D eigenvalue weighted by molar-refractivity contribution is 6.40. The van der Waals surface area contributed by atoms with Crippen molar-refractivity contribution < 1.29 is 0 Å². The van der Waals surface area contributed by atoms with E-state index in [1.165, 1.54) is 0 Å². The van der Waals surface area contributed by atoms with Crippen LogP contribution in [0.3, 0.4) is 0 Å². The molecule has 118 valence electrons. The number of nitriles is 1. The largest absolute Gasteiger partial charge is 0.236 e. The van der Waals surface area contributed by atoms with Crippen LogP contribution >= 0.6 is 46.4 Å². The van der Waals surface area contributed by atoms with E-state index in [0.29, 0.717) is 42.5 Å². The Kier molecular flexibility index (Phi) is 4.99. The zero-order chi connectivity index (χ0) is 17.3. The van der Waals surface area contributed by atoms with Gasteiger partial charge < -0.3 is 0 Å². The molecular formula is C18H8Cl4N2. The van der Waals surface area contributed by atoms with Crippen molar-refractivity contribution in [2.45, 2.75) is 0 Å². The van der Waals surface area contributed by atoms with Gasteiger partial charge in [0.1, 0.15) is 11.8 Å². The van der Waals surface area contributed by atoms with Crippen LogP contribution in [0.2, 0.25) is 20.1 Å². The second-order valence-electron chi connectivity index (χ2n) is 4.90. The fourth-order valence-electron chi connectivity index (χ4n) is 2.38. The number of hydrogen-bond acceptors (Lipinski definition) is 2. The fraction of sp³-hybridized carbons (Fsp3) is 0. The zero-order valence-electron chi connectivity index (χ0n) is 12.0. The van der Waals surface area contributed by atoms with Gasteiger partial charge in [-0.1, -0.05) is 58.5 Å². The Morgan fingerprint density at radius 2 is 1.21 bits per heavy atom. The van der Waals surface area contributed by atoms with Crippen molar-refractivity contribution in [2.75, 3.05) is 0 Å². The number of benzene rings is 2. The molecule has 3 aromatic rings.